The van der Waals surface area contributed by atoms with Crippen LogP contribution in [0.4, 0.5) is 0 Å². The van der Waals surface area contributed by atoms with Gasteiger partial charge in [-0.25, -0.2) is 4.79 Å². The normalized spacial score (nSPS) is 19.6. The number of hydrogen-bond donors (Lipinski definition) is 0. The van der Waals surface area contributed by atoms with Gasteiger partial charge >= 0.3 is 5.97 Å². The summed E-state index contributed by atoms with van der Waals surface area (Å²) < 4.78 is 4.84. The summed E-state index contributed by atoms with van der Waals surface area (Å²) in [4.78, 5) is 11.2. The molecule has 0 amide bonds. The second kappa shape index (κ2) is 8.02. The Balaban J connectivity index is 2.73. The van der Waals surface area contributed by atoms with E-state index in [0.29, 0.717) is 6.61 Å². The summed E-state index contributed by atoms with van der Waals surface area (Å²) in [5, 5.41) is 0. The number of esters is 1. The van der Waals surface area contributed by atoms with E-state index in [1.54, 1.807) is 13.0 Å². The minimum Gasteiger partial charge on any atom is -0.463 e. The van der Waals surface area contributed by atoms with Crippen LogP contribution in [0.2, 0.25) is 0 Å². The Morgan fingerprint density at radius 3 is 2.67 bits per heavy atom. The zero-order valence-electron chi connectivity index (χ0n) is 14.0. The number of ether oxygens (including phenoxy) is 1. The van der Waals surface area contributed by atoms with Gasteiger partial charge in [0.05, 0.1) is 6.61 Å². The molecule has 0 heterocycles. The molecule has 0 spiro atoms. The lowest BCUT2D eigenvalue weighted by Gasteiger charge is -2.32. The van der Waals surface area contributed by atoms with Gasteiger partial charge in [0.2, 0.25) is 0 Å². The summed E-state index contributed by atoms with van der Waals surface area (Å²) >= 11 is 0. The van der Waals surface area contributed by atoms with Crippen molar-refractivity contribution in [1.82, 2.24) is 0 Å². The molecule has 0 bridgehead atoms. The largest absolute Gasteiger partial charge is 0.463 e. The van der Waals surface area contributed by atoms with E-state index in [1.165, 1.54) is 36.5 Å². The van der Waals surface area contributed by atoms with Crippen molar-refractivity contribution in [2.75, 3.05) is 6.61 Å². The van der Waals surface area contributed by atoms with E-state index in [4.69, 9.17) is 4.74 Å². The van der Waals surface area contributed by atoms with Gasteiger partial charge in [0, 0.05) is 6.08 Å². The third kappa shape index (κ3) is 5.74. The molecule has 0 atom stereocenters. The minimum absolute atomic E-state index is 0.264. The lowest BCUT2D eigenvalue weighted by atomic mass is 9.72. The molecule has 0 N–H and O–H groups in total. The molecular formula is C19H28O2. The molecule has 0 fully saturated rings. The van der Waals surface area contributed by atoms with Crippen LogP contribution in [0, 0.1) is 5.41 Å². The molecule has 0 unspecified atom stereocenters. The average molecular weight is 288 g/mol. The first-order valence-corrected chi connectivity index (χ1v) is 7.77. The van der Waals surface area contributed by atoms with E-state index in [-0.39, 0.29) is 11.4 Å². The minimum atomic E-state index is -0.294. The fraction of sp³-hybridized carbons (Fsp3) is 0.526. The predicted octanol–water partition coefficient (Wildman–Crippen LogP) is 5.13. The van der Waals surface area contributed by atoms with E-state index in [0.717, 1.165) is 5.57 Å². The molecule has 1 aliphatic rings. The van der Waals surface area contributed by atoms with Crippen molar-refractivity contribution in [1.29, 1.82) is 0 Å². The molecular weight excluding hydrogens is 260 g/mol. The number of carbonyl (C=O) groups excluding carboxylic acids is 1. The smallest absolute Gasteiger partial charge is 0.330 e. The maximum atomic E-state index is 11.2. The van der Waals surface area contributed by atoms with Gasteiger partial charge in [-0.05, 0) is 51.0 Å². The van der Waals surface area contributed by atoms with Gasteiger partial charge in [-0.3, -0.25) is 0 Å². The first kappa shape index (κ1) is 17.5. The zero-order chi connectivity index (χ0) is 15.9. The summed E-state index contributed by atoms with van der Waals surface area (Å²) in [7, 11) is 0. The van der Waals surface area contributed by atoms with Crippen molar-refractivity contribution in [3.8, 4) is 0 Å². The van der Waals surface area contributed by atoms with E-state index < -0.39 is 0 Å². The first-order chi connectivity index (χ1) is 9.86. The predicted molar refractivity (Wildman–Crippen MR) is 89.0 cm³/mol. The maximum absolute atomic E-state index is 11.2. The van der Waals surface area contributed by atoms with Crippen LogP contribution in [0.15, 0.2) is 47.1 Å². The molecule has 2 heteroatoms. The third-order valence-electron chi connectivity index (χ3n) is 3.93. The van der Waals surface area contributed by atoms with Gasteiger partial charge in [-0.2, -0.15) is 0 Å². The fourth-order valence-electron chi connectivity index (χ4n) is 2.75. The Morgan fingerprint density at radius 1 is 1.33 bits per heavy atom. The summed E-state index contributed by atoms with van der Waals surface area (Å²) in [6.45, 7) is 11.1. The highest BCUT2D eigenvalue weighted by Crippen LogP contribution is 2.40. The standard InChI is InChI=1S/C19H28O2/c1-6-21-18(20)11-7-9-15(2)12-13-17-16(3)10-8-14-19(17,4)5/h7,9,11-13H,6,8,10,14H2,1-5H3/b11-7+,13-12+,15-9+. The Bertz CT molecular complexity index is 488. The van der Waals surface area contributed by atoms with E-state index >= 15 is 0 Å². The average Bonchev–Trinajstić information content (AvgIpc) is 2.37. The van der Waals surface area contributed by atoms with Crippen LogP contribution in [0.25, 0.3) is 0 Å². The van der Waals surface area contributed by atoms with Crippen LogP contribution in [0.5, 0.6) is 0 Å². The Labute approximate surface area is 129 Å². The highest BCUT2D eigenvalue weighted by molar-refractivity contribution is 5.82. The molecule has 1 aliphatic carbocycles. The van der Waals surface area contributed by atoms with Crippen molar-refractivity contribution < 1.29 is 9.53 Å². The third-order valence-corrected chi connectivity index (χ3v) is 3.93. The first-order valence-electron chi connectivity index (χ1n) is 7.77. The number of rotatable bonds is 5. The molecule has 0 aromatic carbocycles. The number of allylic oxidation sites excluding steroid dienone is 7. The van der Waals surface area contributed by atoms with Gasteiger partial charge in [0.15, 0.2) is 0 Å². The lowest BCUT2D eigenvalue weighted by Crippen LogP contribution is -2.19. The van der Waals surface area contributed by atoms with Crippen molar-refractivity contribution in [2.45, 2.75) is 53.9 Å². The van der Waals surface area contributed by atoms with E-state index in [2.05, 4.69) is 32.9 Å². The molecule has 2 nitrogen and oxygen atoms in total. The quantitative estimate of drug-likeness (QED) is 0.398. The molecule has 0 aromatic rings. The van der Waals surface area contributed by atoms with Gasteiger partial charge in [0.1, 0.15) is 0 Å². The number of hydrogen-bond acceptors (Lipinski definition) is 2. The molecule has 0 aliphatic heterocycles. The van der Waals surface area contributed by atoms with Crippen LogP contribution < -0.4 is 0 Å². The van der Waals surface area contributed by atoms with E-state index in [1.807, 2.05) is 13.0 Å². The monoisotopic (exact) mass is 288 g/mol. The second-order valence-electron chi connectivity index (χ2n) is 6.29. The summed E-state index contributed by atoms with van der Waals surface area (Å²) in [5.74, 6) is -0.294. The van der Waals surface area contributed by atoms with Gasteiger partial charge < -0.3 is 4.74 Å². The Morgan fingerprint density at radius 2 is 2.05 bits per heavy atom. The SMILES string of the molecule is CCOC(=O)/C=C/C=C(C)/C=C/C1=C(C)CCCC1(C)C. The van der Waals surface area contributed by atoms with Gasteiger partial charge in [-0.1, -0.05) is 49.3 Å². The topological polar surface area (TPSA) is 26.3 Å². The molecule has 116 valence electrons. The highest BCUT2D eigenvalue weighted by atomic mass is 16.5. The van der Waals surface area contributed by atoms with Crippen LogP contribution in [0.1, 0.15) is 53.9 Å². The van der Waals surface area contributed by atoms with Crippen LogP contribution in [-0.4, -0.2) is 12.6 Å². The van der Waals surface area contributed by atoms with Crippen LogP contribution >= 0.6 is 0 Å². The van der Waals surface area contributed by atoms with Crippen molar-refractivity contribution in [2.24, 2.45) is 5.41 Å². The fourth-order valence-corrected chi connectivity index (χ4v) is 2.75. The van der Waals surface area contributed by atoms with Crippen molar-refractivity contribution in [3.63, 3.8) is 0 Å². The summed E-state index contributed by atoms with van der Waals surface area (Å²) in [6, 6.07) is 0. The lowest BCUT2D eigenvalue weighted by molar-refractivity contribution is -0.137. The summed E-state index contributed by atoms with van der Waals surface area (Å²) in [6.07, 6.45) is 13.2. The maximum Gasteiger partial charge on any atom is 0.330 e. The molecule has 0 radical (unpaired) electrons. The Hall–Kier alpha value is -1.57. The van der Waals surface area contributed by atoms with E-state index in [9.17, 15) is 4.79 Å². The highest BCUT2D eigenvalue weighted by Gasteiger charge is 2.26. The van der Waals surface area contributed by atoms with Crippen molar-refractivity contribution in [3.05, 3.63) is 47.1 Å². The van der Waals surface area contributed by atoms with Crippen LogP contribution in [0.3, 0.4) is 0 Å². The molecule has 21 heavy (non-hydrogen) atoms. The van der Waals surface area contributed by atoms with Crippen LogP contribution in [-0.2, 0) is 9.53 Å². The van der Waals surface area contributed by atoms with Crippen molar-refractivity contribution >= 4 is 5.97 Å². The zero-order valence-corrected chi connectivity index (χ0v) is 14.0. The van der Waals surface area contributed by atoms with Gasteiger partial charge in [-0.15, -0.1) is 0 Å². The molecule has 0 saturated carbocycles. The van der Waals surface area contributed by atoms with Gasteiger partial charge in [0.25, 0.3) is 0 Å². The molecule has 1 rings (SSSR count). The number of carbonyl (C=O) groups is 1. The molecule has 0 saturated heterocycles. The molecule has 0 aromatic heterocycles. The second-order valence-corrected chi connectivity index (χ2v) is 6.29. The Kier molecular flexibility index (Phi) is 6.67. The summed E-state index contributed by atoms with van der Waals surface area (Å²) in [5.41, 5.74) is 4.34.